The smallest absolute Gasteiger partial charge is 0.257 e. The lowest BCUT2D eigenvalue weighted by molar-refractivity contribution is -0.0199. The van der Waals surface area contributed by atoms with Gasteiger partial charge in [-0.25, -0.2) is 8.42 Å². The fraction of sp³-hybridized carbons (Fsp3) is 0.400. The fourth-order valence-corrected chi connectivity index (χ4v) is 5.00. The second kappa shape index (κ2) is 6.58. The van der Waals surface area contributed by atoms with Crippen molar-refractivity contribution in [2.75, 3.05) is 19.7 Å². The molecule has 0 aliphatic carbocycles. The molecule has 0 radical (unpaired) electrons. The van der Waals surface area contributed by atoms with E-state index < -0.39 is 16.1 Å². The van der Waals surface area contributed by atoms with Crippen molar-refractivity contribution in [2.24, 2.45) is 7.05 Å². The van der Waals surface area contributed by atoms with Crippen LogP contribution in [0.5, 0.6) is 0 Å². The third-order valence-corrected chi connectivity index (χ3v) is 7.13. The van der Waals surface area contributed by atoms with E-state index in [2.05, 4.69) is 15.2 Å². The Kier molecular flexibility index (Phi) is 4.39. The maximum absolute atomic E-state index is 12.9. The molecule has 9 nitrogen and oxygen atoms in total. The van der Waals surface area contributed by atoms with Gasteiger partial charge < -0.3 is 9.26 Å². The summed E-state index contributed by atoms with van der Waals surface area (Å²) in [5, 5.41) is 9.91. The van der Waals surface area contributed by atoms with E-state index in [9.17, 15) is 8.42 Å². The summed E-state index contributed by atoms with van der Waals surface area (Å²) < 4.78 is 39.8. The third-order valence-electron chi connectivity index (χ3n) is 4.30. The van der Waals surface area contributed by atoms with Crippen LogP contribution < -0.4 is 0 Å². The van der Waals surface area contributed by atoms with Crippen molar-refractivity contribution in [1.29, 1.82) is 0 Å². The first-order chi connectivity index (χ1) is 12.5. The Bertz CT molecular complexity index is 1010. The second-order valence-corrected chi connectivity index (χ2v) is 8.73. The first-order valence-electron chi connectivity index (χ1n) is 7.94. The van der Waals surface area contributed by atoms with Crippen LogP contribution in [0.1, 0.15) is 17.7 Å². The SMILES string of the molecule is Cc1c(S(=O)(=O)N2CCO[C@@H](c3nc(-c4cccs4)no3)C2)cnn1C. The fourth-order valence-electron chi connectivity index (χ4n) is 2.74. The molecule has 3 aromatic heterocycles. The van der Waals surface area contributed by atoms with Gasteiger partial charge in [-0.05, 0) is 18.4 Å². The third kappa shape index (κ3) is 2.96. The van der Waals surface area contributed by atoms with Gasteiger partial charge in [0.05, 0.1) is 23.4 Å². The van der Waals surface area contributed by atoms with E-state index in [1.165, 1.54) is 26.5 Å². The highest BCUT2D eigenvalue weighted by atomic mass is 32.2. The Labute approximate surface area is 154 Å². The van der Waals surface area contributed by atoms with Gasteiger partial charge >= 0.3 is 0 Å². The zero-order valence-corrected chi connectivity index (χ0v) is 15.8. The largest absolute Gasteiger partial charge is 0.366 e. The number of aromatic nitrogens is 4. The minimum atomic E-state index is -3.67. The quantitative estimate of drug-likeness (QED) is 0.661. The number of hydrogen-bond acceptors (Lipinski definition) is 8. The van der Waals surface area contributed by atoms with Crippen molar-refractivity contribution < 1.29 is 17.7 Å². The van der Waals surface area contributed by atoms with Gasteiger partial charge in [0.2, 0.25) is 15.8 Å². The lowest BCUT2D eigenvalue weighted by Crippen LogP contribution is -2.42. The molecule has 0 unspecified atom stereocenters. The molecule has 1 aliphatic rings. The summed E-state index contributed by atoms with van der Waals surface area (Å²) in [6.45, 7) is 2.35. The highest BCUT2D eigenvalue weighted by molar-refractivity contribution is 7.89. The average molecular weight is 395 g/mol. The van der Waals surface area contributed by atoms with Gasteiger partial charge in [0.15, 0.2) is 6.10 Å². The van der Waals surface area contributed by atoms with Crippen LogP contribution in [0.2, 0.25) is 0 Å². The van der Waals surface area contributed by atoms with Gasteiger partial charge in [-0.3, -0.25) is 4.68 Å². The van der Waals surface area contributed by atoms with Crippen LogP contribution in [0.25, 0.3) is 10.7 Å². The van der Waals surface area contributed by atoms with Crippen molar-refractivity contribution in [3.63, 3.8) is 0 Å². The minimum absolute atomic E-state index is 0.114. The average Bonchev–Trinajstić information content (AvgIpc) is 3.37. The van der Waals surface area contributed by atoms with Crippen LogP contribution in [0.4, 0.5) is 0 Å². The molecule has 0 saturated carbocycles. The van der Waals surface area contributed by atoms with E-state index in [1.54, 1.807) is 14.0 Å². The van der Waals surface area contributed by atoms with E-state index in [4.69, 9.17) is 9.26 Å². The number of sulfonamides is 1. The number of ether oxygens (including phenoxy) is 1. The van der Waals surface area contributed by atoms with Crippen molar-refractivity contribution in [1.82, 2.24) is 24.2 Å². The summed E-state index contributed by atoms with van der Waals surface area (Å²) in [5.41, 5.74) is 0.589. The van der Waals surface area contributed by atoms with Crippen LogP contribution in [0.15, 0.2) is 33.1 Å². The topological polar surface area (TPSA) is 103 Å². The number of morpholine rings is 1. The summed E-state index contributed by atoms with van der Waals surface area (Å²) in [5.74, 6) is 0.748. The van der Waals surface area contributed by atoms with Gasteiger partial charge in [0, 0.05) is 20.1 Å². The molecule has 0 N–H and O–H groups in total. The molecule has 0 amide bonds. The summed E-state index contributed by atoms with van der Waals surface area (Å²) >= 11 is 1.50. The molecule has 26 heavy (non-hydrogen) atoms. The summed E-state index contributed by atoms with van der Waals surface area (Å²) in [6, 6.07) is 3.79. The molecule has 1 aliphatic heterocycles. The molecular weight excluding hydrogens is 378 g/mol. The van der Waals surface area contributed by atoms with Crippen LogP contribution in [-0.4, -0.2) is 52.3 Å². The van der Waals surface area contributed by atoms with E-state index in [1.807, 2.05) is 17.5 Å². The van der Waals surface area contributed by atoms with Gasteiger partial charge in [-0.2, -0.15) is 14.4 Å². The van der Waals surface area contributed by atoms with Crippen molar-refractivity contribution in [2.45, 2.75) is 17.9 Å². The Balaban J connectivity index is 1.57. The molecule has 0 bridgehead atoms. The van der Waals surface area contributed by atoms with E-state index in [0.717, 1.165) is 4.88 Å². The molecule has 3 aromatic rings. The van der Waals surface area contributed by atoms with Crippen LogP contribution in [0.3, 0.4) is 0 Å². The van der Waals surface area contributed by atoms with Gasteiger partial charge in [0.25, 0.3) is 5.89 Å². The second-order valence-electron chi connectivity index (χ2n) is 5.87. The number of thiophene rings is 1. The maximum atomic E-state index is 12.9. The maximum Gasteiger partial charge on any atom is 0.257 e. The lowest BCUT2D eigenvalue weighted by Gasteiger charge is -2.30. The molecule has 11 heteroatoms. The Morgan fingerprint density at radius 3 is 2.92 bits per heavy atom. The van der Waals surface area contributed by atoms with Crippen LogP contribution in [0, 0.1) is 6.92 Å². The number of nitrogens with zero attached hydrogens (tertiary/aromatic N) is 5. The number of hydrogen-bond donors (Lipinski definition) is 0. The molecule has 1 atom stereocenters. The molecule has 1 fully saturated rings. The predicted molar refractivity (Wildman–Crippen MR) is 93.0 cm³/mol. The van der Waals surface area contributed by atoms with E-state index >= 15 is 0 Å². The van der Waals surface area contributed by atoms with E-state index in [0.29, 0.717) is 11.5 Å². The summed E-state index contributed by atoms with van der Waals surface area (Å²) in [6.07, 6.45) is 0.771. The molecule has 0 spiro atoms. The zero-order chi connectivity index (χ0) is 18.3. The Morgan fingerprint density at radius 1 is 1.38 bits per heavy atom. The Morgan fingerprint density at radius 2 is 2.23 bits per heavy atom. The number of aryl methyl sites for hydroxylation is 1. The Hall–Kier alpha value is -2.08. The molecule has 138 valence electrons. The molecule has 4 rings (SSSR count). The standard InChI is InChI=1S/C15H17N5O4S2/c1-10-13(8-16-19(10)2)26(21,22)20-5-6-23-11(9-20)15-17-14(18-24-15)12-4-3-7-25-12/h3-4,7-8,11H,5-6,9H2,1-2H3/t11-/m1/s1. The predicted octanol–water partition coefficient (Wildman–Crippen LogP) is 1.60. The van der Waals surface area contributed by atoms with Crippen LogP contribution in [-0.2, 0) is 21.8 Å². The highest BCUT2D eigenvalue weighted by Crippen LogP contribution is 2.29. The van der Waals surface area contributed by atoms with Crippen molar-refractivity contribution in [3.8, 4) is 10.7 Å². The minimum Gasteiger partial charge on any atom is -0.366 e. The van der Waals surface area contributed by atoms with Crippen LogP contribution >= 0.6 is 11.3 Å². The van der Waals surface area contributed by atoms with Gasteiger partial charge in [0.1, 0.15) is 4.90 Å². The highest BCUT2D eigenvalue weighted by Gasteiger charge is 2.35. The normalized spacial score (nSPS) is 19.1. The van der Waals surface area contributed by atoms with Gasteiger partial charge in [-0.1, -0.05) is 11.2 Å². The summed E-state index contributed by atoms with van der Waals surface area (Å²) in [4.78, 5) is 5.44. The van der Waals surface area contributed by atoms with Crippen molar-refractivity contribution >= 4 is 21.4 Å². The number of rotatable bonds is 4. The summed E-state index contributed by atoms with van der Waals surface area (Å²) in [7, 11) is -1.96. The first-order valence-corrected chi connectivity index (χ1v) is 10.3. The molecule has 0 aromatic carbocycles. The lowest BCUT2D eigenvalue weighted by atomic mass is 10.3. The zero-order valence-electron chi connectivity index (χ0n) is 14.2. The monoisotopic (exact) mass is 395 g/mol. The van der Waals surface area contributed by atoms with Gasteiger partial charge in [-0.15, -0.1) is 11.3 Å². The first kappa shape index (κ1) is 17.3. The molecule has 1 saturated heterocycles. The van der Waals surface area contributed by atoms with E-state index in [-0.39, 0.29) is 30.5 Å². The molecular formula is C15H17N5O4S2. The molecule has 4 heterocycles. The van der Waals surface area contributed by atoms with Crippen molar-refractivity contribution in [3.05, 3.63) is 35.3 Å².